The second-order valence-corrected chi connectivity index (χ2v) is 5.58. The highest BCUT2D eigenvalue weighted by molar-refractivity contribution is 7.98. The summed E-state index contributed by atoms with van der Waals surface area (Å²) in [5.74, 6) is 0.369. The Bertz CT molecular complexity index is 874. The molecule has 0 amide bonds. The first-order valence-corrected chi connectivity index (χ1v) is 7.72. The van der Waals surface area contributed by atoms with Crippen molar-refractivity contribution in [2.24, 2.45) is 0 Å². The number of aromatic nitrogens is 4. The number of rotatable bonds is 3. The van der Waals surface area contributed by atoms with Crippen molar-refractivity contribution in [1.29, 1.82) is 0 Å². The van der Waals surface area contributed by atoms with Gasteiger partial charge in [0.25, 0.3) is 10.8 Å². The minimum atomic E-state index is -0.200. The van der Waals surface area contributed by atoms with Crippen molar-refractivity contribution in [3.05, 3.63) is 45.2 Å². The van der Waals surface area contributed by atoms with E-state index in [9.17, 15) is 4.79 Å². The van der Waals surface area contributed by atoms with Crippen molar-refractivity contribution in [3.63, 3.8) is 0 Å². The van der Waals surface area contributed by atoms with Gasteiger partial charge in [0, 0.05) is 5.02 Å². The van der Waals surface area contributed by atoms with Gasteiger partial charge in [-0.25, -0.2) is 4.98 Å². The molecule has 0 radical (unpaired) electrons. The molecule has 2 heterocycles. The zero-order chi connectivity index (χ0) is 15.0. The molecule has 3 rings (SSSR count). The number of benzene rings is 1. The zero-order valence-electron chi connectivity index (χ0n) is 11.3. The number of thioether (sulfide) groups is 1. The Balaban J connectivity index is 2.17. The van der Waals surface area contributed by atoms with Gasteiger partial charge in [0.1, 0.15) is 12.2 Å². The van der Waals surface area contributed by atoms with Gasteiger partial charge in [-0.3, -0.25) is 9.36 Å². The number of hydrogen-bond donors (Lipinski definition) is 0. The summed E-state index contributed by atoms with van der Waals surface area (Å²) in [6.45, 7) is 1.86. The lowest BCUT2D eigenvalue weighted by atomic mass is 10.2. The Morgan fingerprint density at radius 2 is 2.19 bits per heavy atom. The smallest absolute Gasteiger partial charge is 0.276 e. The van der Waals surface area contributed by atoms with Gasteiger partial charge >= 0.3 is 0 Å². The van der Waals surface area contributed by atoms with E-state index in [4.69, 9.17) is 16.0 Å². The standard InChI is InChI=1S/C13H11ClN4O2S/c1-7-12(19)18(6-11-16-17-13(20-11)21-2)10-5-8(14)3-4-9(10)15-7/h3-5H,6H2,1-2H3. The van der Waals surface area contributed by atoms with E-state index in [1.54, 1.807) is 29.7 Å². The maximum absolute atomic E-state index is 12.3. The van der Waals surface area contributed by atoms with E-state index in [0.717, 1.165) is 0 Å². The highest BCUT2D eigenvalue weighted by Crippen LogP contribution is 2.18. The van der Waals surface area contributed by atoms with Crippen LogP contribution in [0, 0.1) is 6.92 Å². The zero-order valence-corrected chi connectivity index (χ0v) is 12.9. The first-order valence-electron chi connectivity index (χ1n) is 6.11. The van der Waals surface area contributed by atoms with Gasteiger partial charge in [-0.15, -0.1) is 10.2 Å². The molecule has 0 N–H and O–H groups in total. The van der Waals surface area contributed by atoms with Crippen LogP contribution in [0.1, 0.15) is 11.6 Å². The molecule has 108 valence electrons. The van der Waals surface area contributed by atoms with E-state index in [0.29, 0.717) is 32.9 Å². The molecular formula is C13H11ClN4O2S. The highest BCUT2D eigenvalue weighted by Gasteiger charge is 2.12. The summed E-state index contributed by atoms with van der Waals surface area (Å²) in [5, 5.41) is 8.80. The maximum Gasteiger partial charge on any atom is 0.276 e. The average molecular weight is 323 g/mol. The van der Waals surface area contributed by atoms with E-state index in [1.807, 2.05) is 6.26 Å². The minimum absolute atomic E-state index is 0.187. The lowest BCUT2D eigenvalue weighted by Crippen LogP contribution is -2.24. The molecule has 0 bridgehead atoms. The monoisotopic (exact) mass is 322 g/mol. The lowest BCUT2D eigenvalue weighted by molar-refractivity contribution is 0.404. The van der Waals surface area contributed by atoms with Crippen LogP contribution >= 0.6 is 23.4 Å². The highest BCUT2D eigenvalue weighted by atomic mass is 35.5. The first kappa shape index (κ1) is 14.1. The second kappa shape index (κ2) is 5.50. The topological polar surface area (TPSA) is 73.8 Å². The van der Waals surface area contributed by atoms with E-state index < -0.39 is 0 Å². The van der Waals surface area contributed by atoms with Crippen LogP contribution in [0.15, 0.2) is 32.6 Å². The fourth-order valence-electron chi connectivity index (χ4n) is 2.02. The summed E-state index contributed by atoms with van der Waals surface area (Å²) in [4.78, 5) is 16.6. The second-order valence-electron chi connectivity index (χ2n) is 4.39. The molecule has 0 unspecified atom stereocenters. The fraction of sp³-hybridized carbons (Fsp3) is 0.231. The van der Waals surface area contributed by atoms with Crippen molar-refractivity contribution < 1.29 is 4.42 Å². The van der Waals surface area contributed by atoms with Crippen LogP contribution in [0.4, 0.5) is 0 Å². The predicted molar refractivity (Wildman–Crippen MR) is 80.9 cm³/mol. The third-order valence-corrected chi connectivity index (χ3v) is 3.74. The van der Waals surface area contributed by atoms with Crippen molar-refractivity contribution in [3.8, 4) is 0 Å². The molecule has 0 aliphatic rings. The third kappa shape index (κ3) is 2.66. The molecule has 21 heavy (non-hydrogen) atoms. The average Bonchev–Trinajstić information content (AvgIpc) is 2.92. The molecule has 2 aromatic heterocycles. The van der Waals surface area contributed by atoms with Gasteiger partial charge in [0.2, 0.25) is 5.89 Å². The summed E-state index contributed by atoms with van der Waals surface area (Å²) in [6, 6.07) is 5.22. The third-order valence-electron chi connectivity index (χ3n) is 2.99. The molecule has 0 saturated heterocycles. The molecule has 1 aromatic carbocycles. The first-order chi connectivity index (χ1) is 10.1. The largest absolute Gasteiger partial charge is 0.414 e. The van der Waals surface area contributed by atoms with Crippen molar-refractivity contribution in [2.75, 3.05) is 6.26 Å². The number of hydrogen-bond acceptors (Lipinski definition) is 6. The Hall–Kier alpha value is -1.86. The molecule has 8 heteroatoms. The van der Waals surface area contributed by atoms with Gasteiger partial charge in [-0.05, 0) is 31.4 Å². The van der Waals surface area contributed by atoms with Gasteiger partial charge in [-0.2, -0.15) is 0 Å². The molecule has 0 saturated carbocycles. The Kier molecular flexibility index (Phi) is 3.69. The summed E-state index contributed by atoms with van der Waals surface area (Å²) in [5.41, 5.74) is 1.55. The number of aryl methyl sites for hydroxylation is 1. The summed E-state index contributed by atoms with van der Waals surface area (Å²) < 4.78 is 6.98. The van der Waals surface area contributed by atoms with Gasteiger partial charge in [0.15, 0.2) is 0 Å². The molecule has 0 fully saturated rings. The van der Waals surface area contributed by atoms with Gasteiger partial charge in [-0.1, -0.05) is 23.4 Å². The van der Waals surface area contributed by atoms with Crippen LogP contribution in [0.25, 0.3) is 11.0 Å². The van der Waals surface area contributed by atoms with E-state index in [1.165, 1.54) is 11.8 Å². The molecule has 0 spiro atoms. The molecular weight excluding hydrogens is 312 g/mol. The van der Waals surface area contributed by atoms with Gasteiger partial charge < -0.3 is 4.42 Å². The Morgan fingerprint density at radius 3 is 2.90 bits per heavy atom. The molecule has 0 atom stereocenters. The van der Waals surface area contributed by atoms with Gasteiger partial charge in [0.05, 0.1) is 11.0 Å². The van der Waals surface area contributed by atoms with Crippen LogP contribution in [0.5, 0.6) is 0 Å². The number of nitrogens with zero attached hydrogens (tertiary/aromatic N) is 4. The van der Waals surface area contributed by atoms with Crippen LogP contribution in [0.2, 0.25) is 5.02 Å². The number of halogens is 1. The Labute approximate surface area is 129 Å². The SMILES string of the molecule is CSc1nnc(Cn2c(=O)c(C)nc3ccc(Cl)cc32)o1. The number of fused-ring (bicyclic) bond motifs is 1. The normalized spacial score (nSPS) is 11.2. The Morgan fingerprint density at radius 1 is 1.38 bits per heavy atom. The molecule has 0 aliphatic heterocycles. The van der Waals surface area contributed by atoms with Crippen LogP contribution in [-0.2, 0) is 6.54 Å². The van der Waals surface area contributed by atoms with Crippen LogP contribution in [-0.4, -0.2) is 26.0 Å². The van der Waals surface area contributed by atoms with Crippen molar-refractivity contribution in [2.45, 2.75) is 18.7 Å². The van der Waals surface area contributed by atoms with Crippen LogP contribution < -0.4 is 5.56 Å². The van der Waals surface area contributed by atoms with Crippen molar-refractivity contribution in [1.82, 2.24) is 19.7 Å². The predicted octanol–water partition coefficient (Wildman–Crippen LogP) is 2.51. The summed E-state index contributed by atoms with van der Waals surface area (Å²) in [7, 11) is 0. The minimum Gasteiger partial charge on any atom is -0.414 e. The fourth-order valence-corrected chi connectivity index (χ4v) is 2.49. The van der Waals surface area contributed by atoms with Crippen LogP contribution in [0.3, 0.4) is 0 Å². The molecule has 0 aliphatic carbocycles. The van der Waals surface area contributed by atoms with E-state index >= 15 is 0 Å². The van der Waals surface area contributed by atoms with Crippen molar-refractivity contribution >= 4 is 34.4 Å². The molecule has 6 nitrogen and oxygen atoms in total. The maximum atomic E-state index is 12.3. The van der Waals surface area contributed by atoms with E-state index in [-0.39, 0.29) is 12.1 Å². The summed E-state index contributed by atoms with van der Waals surface area (Å²) >= 11 is 7.37. The van der Waals surface area contributed by atoms with E-state index in [2.05, 4.69) is 15.2 Å². The molecule has 3 aromatic rings. The summed E-state index contributed by atoms with van der Waals surface area (Å²) in [6.07, 6.45) is 1.84. The quantitative estimate of drug-likeness (QED) is 0.690. The lowest BCUT2D eigenvalue weighted by Gasteiger charge is -2.09.